The van der Waals surface area contributed by atoms with Crippen LogP contribution in [0.2, 0.25) is 0 Å². The third kappa shape index (κ3) is 3.05. The summed E-state index contributed by atoms with van der Waals surface area (Å²) in [5.41, 5.74) is 0.985. The molecule has 1 heterocycles. The Kier molecular flexibility index (Phi) is 4.05. The Morgan fingerprint density at radius 3 is 2.35 bits per heavy atom. The Bertz CT molecular complexity index is 764. The molecule has 0 unspecified atom stereocenters. The molecule has 1 aliphatic heterocycles. The summed E-state index contributed by atoms with van der Waals surface area (Å²) in [5.74, 6) is -0.465. The van der Waals surface area contributed by atoms with Crippen LogP contribution in [0.1, 0.15) is 24.2 Å². The summed E-state index contributed by atoms with van der Waals surface area (Å²) in [4.78, 5) is 26.3. The number of benzene rings is 2. The van der Waals surface area contributed by atoms with E-state index in [1.54, 1.807) is 11.0 Å². The van der Waals surface area contributed by atoms with Gasteiger partial charge in [-0.2, -0.15) is 0 Å². The van der Waals surface area contributed by atoms with Crippen molar-refractivity contribution in [1.82, 2.24) is 4.90 Å². The lowest BCUT2D eigenvalue weighted by Gasteiger charge is -2.36. The minimum atomic E-state index is -0.451. The van der Waals surface area contributed by atoms with Gasteiger partial charge in [-0.05, 0) is 22.9 Å². The number of hydrogen-bond acceptors (Lipinski definition) is 3. The lowest BCUT2D eigenvalue weighted by molar-refractivity contribution is -0.118. The summed E-state index contributed by atoms with van der Waals surface area (Å²) in [5, 5.41) is 14.2. The lowest BCUT2D eigenvalue weighted by Crippen LogP contribution is -2.53. The van der Waals surface area contributed by atoms with Gasteiger partial charge in [0.25, 0.3) is 5.91 Å². The first-order chi connectivity index (χ1) is 11.0. The summed E-state index contributed by atoms with van der Waals surface area (Å²) >= 11 is 0. The minimum absolute atomic E-state index is 0.127. The van der Waals surface area contributed by atoms with Gasteiger partial charge in [-0.1, -0.05) is 38.1 Å². The first-order valence-corrected chi connectivity index (χ1v) is 7.76. The van der Waals surface area contributed by atoms with E-state index in [1.807, 2.05) is 44.2 Å². The molecule has 23 heavy (non-hydrogen) atoms. The van der Waals surface area contributed by atoms with Crippen molar-refractivity contribution in [3.05, 3.63) is 42.0 Å². The Hall–Kier alpha value is -2.40. The molecule has 0 aliphatic carbocycles. The maximum absolute atomic E-state index is 12.7. The van der Waals surface area contributed by atoms with Crippen LogP contribution in [-0.4, -0.2) is 41.0 Å². The molecule has 0 spiro atoms. The Labute approximate surface area is 134 Å². The molecule has 0 atom stereocenters. The van der Waals surface area contributed by atoms with E-state index in [0.29, 0.717) is 24.3 Å². The number of aliphatic hydroxyl groups excluding tert-OH is 1. The van der Waals surface area contributed by atoms with Crippen LogP contribution in [0, 0.1) is 5.92 Å². The maximum atomic E-state index is 12.7. The van der Waals surface area contributed by atoms with Gasteiger partial charge in [0, 0.05) is 19.0 Å². The zero-order valence-corrected chi connectivity index (χ0v) is 13.2. The number of rotatable bonds is 3. The fourth-order valence-corrected chi connectivity index (χ4v) is 2.59. The van der Waals surface area contributed by atoms with Gasteiger partial charge >= 0.3 is 0 Å². The standard InChI is InChI=1S/C18H20N2O3/c1-11(2)17(22)19-16-8-13-6-4-3-5-12(13)7-15(16)18(23)20-9-14(21)10-20/h3-8,11,14,21H,9-10H2,1-2H3,(H,19,22). The maximum Gasteiger partial charge on any atom is 0.256 e. The molecule has 5 nitrogen and oxygen atoms in total. The van der Waals surface area contributed by atoms with Crippen LogP contribution < -0.4 is 5.32 Å². The number of aliphatic hydroxyl groups is 1. The van der Waals surface area contributed by atoms with E-state index in [2.05, 4.69) is 5.32 Å². The second-order valence-corrected chi connectivity index (χ2v) is 6.25. The fourth-order valence-electron chi connectivity index (χ4n) is 2.59. The number of amides is 2. The summed E-state index contributed by atoms with van der Waals surface area (Å²) in [6, 6.07) is 11.4. The Morgan fingerprint density at radius 2 is 1.78 bits per heavy atom. The third-order valence-corrected chi connectivity index (χ3v) is 4.05. The molecule has 2 aromatic carbocycles. The van der Waals surface area contributed by atoms with Crippen LogP contribution in [0.5, 0.6) is 0 Å². The van der Waals surface area contributed by atoms with Gasteiger partial charge in [0.05, 0.1) is 17.4 Å². The number of anilines is 1. The van der Waals surface area contributed by atoms with Crippen LogP contribution in [0.4, 0.5) is 5.69 Å². The third-order valence-electron chi connectivity index (χ3n) is 4.05. The van der Waals surface area contributed by atoms with E-state index in [1.165, 1.54) is 0 Å². The summed E-state index contributed by atoms with van der Waals surface area (Å²) in [7, 11) is 0. The zero-order chi connectivity index (χ0) is 16.6. The van der Waals surface area contributed by atoms with Crippen molar-refractivity contribution in [3.8, 4) is 0 Å². The highest BCUT2D eigenvalue weighted by Crippen LogP contribution is 2.27. The van der Waals surface area contributed by atoms with Crippen LogP contribution in [0.3, 0.4) is 0 Å². The predicted octanol–water partition coefficient (Wildman–Crippen LogP) is 2.25. The van der Waals surface area contributed by atoms with Crippen LogP contribution in [-0.2, 0) is 4.79 Å². The minimum Gasteiger partial charge on any atom is -0.389 e. The number of nitrogens with one attached hydrogen (secondary N) is 1. The van der Waals surface area contributed by atoms with E-state index in [4.69, 9.17) is 0 Å². The second kappa shape index (κ2) is 6.01. The highest BCUT2D eigenvalue weighted by atomic mass is 16.3. The van der Waals surface area contributed by atoms with Gasteiger partial charge in [0.2, 0.25) is 5.91 Å². The van der Waals surface area contributed by atoms with Crippen molar-refractivity contribution in [2.45, 2.75) is 20.0 Å². The number of carbonyl (C=O) groups is 2. The van der Waals surface area contributed by atoms with Gasteiger partial charge in [0.15, 0.2) is 0 Å². The number of carbonyl (C=O) groups excluding carboxylic acids is 2. The fraction of sp³-hybridized carbons (Fsp3) is 0.333. The molecule has 3 rings (SSSR count). The van der Waals surface area contributed by atoms with E-state index >= 15 is 0 Å². The second-order valence-electron chi connectivity index (χ2n) is 6.25. The molecule has 2 N–H and O–H groups in total. The number of β-amino-alcohol motifs (C(OH)–C–C–N with tert-alkyl or cyclic N) is 1. The van der Waals surface area contributed by atoms with Crippen LogP contribution >= 0.6 is 0 Å². The van der Waals surface area contributed by atoms with Gasteiger partial charge < -0.3 is 15.3 Å². The molecular formula is C18H20N2O3. The molecule has 2 amide bonds. The van der Waals surface area contributed by atoms with E-state index in [-0.39, 0.29) is 17.7 Å². The SMILES string of the molecule is CC(C)C(=O)Nc1cc2ccccc2cc1C(=O)N1CC(O)C1. The van der Waals surface area contributed by atoms with Crippen molar-refractivity contribution < 1.29 is 14.7 Å². The largest absolute Gasteiger partial charge is 0.389 e. The topological polar surface area (TPSA) is 69.6 Å². The summed E-state index contributed by atoms with van der Waals surface area (Å²) in [6.45, 7) is 4.29. The van der Waals surface area contributed by atoms with Crippen molar-refractivity contribution in [2.24, 2.45) is 5.92 Å². The normalized spacial score (nSPS) is 14.9. The van der Waals surface area contributed by atoms with E-state index < -0.39 is 6.10 Å². The van der Waals surface area contributed by atoms with Crippen molar-refractivity contribution >= 4 is 28.3 Å². The molecule has 120 valence electrons. The molecule has 2 aromatic rings. The molecule has 1 aliphatic rings. The molecule has 1 saturated heterocycles. The average molecular weight is 312 g/mol. The van der Waals surface area contributed by atoms with Gasteiger partial charge in [-0.25, -0.2) is 0 Å². The average Bonchev–Trinajstić information content (AvgIpc) is 2.50. The van der Waals surface area contributed by atoms with Crippen molar-refractivity contribution in [1.29, 1.82) is 0 Å². The number of hydrogen-bond donors (Lipinski definition) is 2. The predicted molar refractivity (Wildman–Crippen MR) is 89.3 cm³/mol. The smallest absolute Gasteiger partial charge is 0.256 e. The van der Waals surface area contributed by atoms with Gasteiger partial charge in [0.1, 0.15) is 0 Å². The molecular weight excluding hydrogens is 292 g/mol. The van der Waals surface area contributed by atoms with E-state index in [0.717, 1.165) is 10.8 Å². The first-order valence-electron chi connectivity index (χ1n) is 7.76. The molecule has 0 radical (unpaired) electrons. The van der Waals surface area contributed by atoms with Gasteiger partial charge in [-0.15, -0.1) is 0 Å². The zero-order valence-electron chi connectivity index (χ0n) is 13.2. The lowest BCUT2D eigenvalue weighted by atomic mass is 10.0. The monoisotopic (exact) mass is 312 g/mol. The van der Waals surface area contributed by atoms with E-state index in [9.17, 15) is 14.7 Å². The number of fused-ring (bicyclic) bond motifs is 1. The van der Waals surface area contributed by atoms with Crippen molar-refractivity contribution in [3.63, 3.8) is 0 Å². The molecule has 0 bridgehead atoms. The molecule has 0 aromatic heterocycles. The molecule has 0 saturated carbocycles. The van der Waals surface area contributed by atoms with Crippen LogP contribution in [0.25, 0.3) is 10.8 Å². The summed E-state index contributed by atoms with van der Waals surface area (Å²) in [6.07, 6.45) is -0.451. The Balaban J connectivity index is 2.01. The molecule has 5 heteroatoms. The first kappa shape index (κ1) is 15.5. The number of nitrogens with zero attached hydrogens (tertiary/aromatic N) is 1. The quantitative estimate of drug-likeness (QED) is 0.913. The van der Waals surface area contributed by atoms with Gasteiger partial charge in [-0.3, -0.25) is 9.59 Å². The molecule has 1 fully saturated rings. The van der Waals surface area contributed by atoms with Crippen molar-refractivity contribution in [2.75, 3.05) is 18.4 Å². The van der Waals surface area contributed by atoms with Crippen LogP contribution in [0.15, 0.2) is 36.4 Å². The highest BCUT2D eigenvalue weighted by molar-refractivity contribution is 6.08. The Morgan fingerprint density at radius 1 is 1.17 bits per heavy atom. The summed E-state index contributed by atoms with van der Waals surface area (Å²) < 4.78 is 0. The highest BCUT2D eigenvalue weighted by Gasteiger charge is 2.31. The number of likely N-dealkylation sites (tertiary alicyclic amines) is 1.